The lowest BCUT2D eigenvalue weighted by Gasteiger charge is -2.07. The third-order valence-electron chi connectivity index (χ3n) is 3.06. The predicted molar refractivity (Wildman–Crippen MR) is 96.4 cm³/mol. The van der Waals surface area contributed by atoms with Crippen LogP contribution in [0.5, 0.6) is 5.75 Å². The molecule has 6 heteroatoms. The van der Waals surface area contributed by atoms with Crippen LogP contribution in [-0.2, 0) is 4.79 Å². The summed E-state index contributed by atoms with van der Waals surface area (Å²) in [5.41, 5.74) is 1.30. The third-order valence-corrected chi connectivity index (χ3v) is 3.56. The molecular formula is C18H16BrNO4. The van der Waals surface area contributed by atoms with Crippen LogP contribution in [0.3, 0.4) is 0 Å². The molecule has 0 aliphatic carbocycles. The number of carbonyl (C=O) groups excluding carboxylic acids is 1. The van der Waals surface area contributed by atoms with E-state index in [0.29, 0.717) is 18.0 Å². The van der Waals surface area contributed by atoms with Gasteiger partial charge in [0.05, 0.1) is 12.2 Å². The van der Waals surface area contributed by atoms with Crippen molar-refractivity contribution < 1.29 is 19.4 Å². The molecule has 0 atom stereocenters. The fourth-order valence-electron chi connectivity index (χ4n) is 2.02. The predicted octanol–water partition coefficient (Wildman–Crippen LogP) is 4.20. The van der Waals surface area contributed by atoms with Gasteiger partial charge in [0.25, 0.3) is 0 Å². The molecule has 2 aromatic carbocycles. The molecule has 0 heterocycles. The highest BCUT2D eigenvalue weighted by Crippen LogP contribution is 2.24. The number of carboxylic acid groups (broad SMARTS) is 1. The maximum absolute atomic E-state index is 12.0. The minimum atomic E-state index is -1.04. The quantitative estimate of drug-likeness (QED) is 0.725. The fourth-order valence-corrected chi connectivity index (χ4v) is 2.39. The first-order chi connectivity index (χ1) is 11.5. The SMILES string of the molecule is CCOc1ccc(Br)cc1/C=C/C(=O)Nc1cccc(C(=O)O)c1. The number of rotatable bonds is 6. The van der Waals surface area contributed by atoms with Gasteiger partial charge in [0.15, 0.2) is 0 Å². The smallest absolute Gasteiger partial charge is 0.335 e. The number of nitrogens with one attached hydrogen (secondary N) is 1. The van der Waals surface area contributed by atoms with Gasteiger partial charge in [-0.3, -0.25) is 4.79 Å². The number of amides is 1. The van der Waals surface area contributed by atoms with Gasteiger partial charge in [-0.15, -0.1) is 0 Å². The monoisotopic (exact) mass is 389 g/mol. The van der Waals surface area contributed by atoms with Gasteiger partial charge in [0, 0.05) is 21.8 Å². The van der Waals surface area contributed by atoms with Crippen LogP contribution in [0.15, 0.2) is 53.0 Å². The van der Waals surface area contributed by atoms with Crippen molar-refractivity contribution in [3.05, 3.63) is 64.1 Å². The van der Waals surface area contributed by atoms with Crippen molar-refractivity contribution in [2.45, 2.75) is 6.92 Å². The molecule has 0 saturated carbocycles. The van der Waals surface area contributed by atoms with Crippen LogP contribution >= 0.6 is 15.9 Å². The normalized spacial score (nSPS) is 10.6. The van der Waals surface area contributed by atoms with Crippen molar-refractivity contribution in [3.8, 4) is 5.75 Å². The van der Waals surface area contributed by atoms with Crippen LogP contribution in [0.1, 0.15) is 22.8 Å². The Morgan fingerprint density at radius 3 is 2.75 bits per heavy atom. The Labute approximate surface area is 148 Å². The van der Waals surface area contributed by atoms with Gasteiger partial charge in [-0.05, 0) is 49.4 Å². The fraction of sp³-hybridized carbons (Fsp3) is 0.111. The first kappa shape index (κ1) is 17.7. The molecule has 0 aromatic heterocycles. The largest absolute Gasteiger partial charge is 0.493 e. The average molecular weight is 390 g/mol. The highest BCUT2D eigenvalue weighted by Gasteiger charge is 2.05. The minimum absolute atomic E-state index is 0.113. The van der Waals surface area contributed by atoms with Crippen LogP contribution in [0.2, 0.25) is 0 Å². The van der Waals surface area contributed by atoms with Gasteiger partial charge in [-0.2, -0.15) is 0 Å². The summed E-state index contributed by atoms with van der Waals surface area (Å²) >= 11 is 3.38. The lowest BCUT2D eigenvalue weighted by atomic mass is 10.2. The second-order valence-electron chi connectivity index (χ2n) is 4.82. The number of hydrogen-bond donors (Lipinski definition) is 2. The molecule has 0 aliphatic rings. The van der Waals surface area contributed by atoms with Crippen LogP contribution in [0.4, 0.5) is 5.69 Å². The number of anilines is 1. The van der Waals surface area contributed by atoms with Gasteiger partial charge in [-0.1, -0.05) is 22.0 Å². The Kier molecular flexibility index (Phi) is 6.14. The van der Waals surface area contributed by atoms with E-state index in [4.69, 9.17) is 9.84 Å². The molecule has 24 heavy (non-hydrogen) atoms. The Balaban J connectivity index is 2.12. The molecule has 2 rings (SSSR count). The first-order valence-electron chi connectivity index (χ1n) is 7.24. The number of ether oxygens (including phenoxy) is 1. The maximum atomic E-state index is 12.0. The second-order valence-corrected chi connectivity index (χ2v) is 5.74. The number of hydrogen-bond acceptors (Lipinski definition) is 3. The molecule has 2 aromatic rings. The third kappa shape index (κ3) is 4.96. The van der Waals surface area contributed by atoms with Gasteiger partial charge < -0.3 is 15.2 Å². The molecular weight excluding hydrogens is 374 g/mol. The van der Waals surface area contributed by atoms with Gasteiger partial charge >= 0.3 is 5.97 Å². The average Bonchev–Trinajstić information content (AvgIpc) is 2.55. The van der Waals surface area contributed by atoms with E-state index in [1.807, 2.05) is 25.1 Å². The highest BCUT2D eigenvalue weighted by atomic mass is 79.9. The minimum Gasteiger partial charge on any atom is -0.493 e. The van der Waals surface area contributed by atoms with Crippen molar-refractivity contribution in [1.29, 1.82) is 0 Å². The summed E-state index contributed by atoms with van der Waals surface area (Å²) in [5.74, 6) is -0.727. The topological polar surface area (TPSA) is 75.6 Å². The second kappa shape index (κ2) is 8.31. The van der Waals surface area contributed by atoms with E-state index in [9.17, 15) is 9.59 Å². The van der Waals surface area contributed by atoms with E-state index in [1.54, 1.807) is 18.2 Å². The lowest BCUT2D eigenvalue weighted by molar-refractivity contribution is -0.111. The van der Waals surface area contributed by atoms with Gasteiger partial charge in [-0.25, -0.2) is 4.79 Å². The highest BCUT2D eigenvalue weighted by molar-refractivity contribution is 9.10. The molecule has 0 aliphatic heterocycles. The number of benzene rings is 2. The number of halogens is 1. The van der Waals surface area contributed by atoms with Crippen molar-refractivity contribution in [1.82, 2.24) is 0 Å². The van der Waals surface area contributed by atoms with Gasteiger partial charge in [0.1, 0.15) is 5.75 Å². The van der Waals surface area contributed by atoms with Crippen LogP contribution in [0, 0.1) is 0 Å². The van der Waals surface area contributed by atoms with E-state index < -0.39 is 5.97 Å². The summed E-state index contributed by atoms with van der Waals surface area (Å²) in [5, 5.41) is 11.6. The number of carboxylic acids is 1. The van der Waals surface area contributed by atoms with E-state index in [1.165, 1.54) is 18.2 Å². The van der Waals surface area contributed by atoms with E-state index in [2.05, 4.69) is 21.2 Å². The molecule has 0 radical (unpaired) electrons. The molecule has 0 unspecified atom stereocenters. The Bertz CT molecular complexity index is 786. The molecule has 0 spiro atoms. The number of aromatic carboxylic acids is 1. The molecule has 0 bridgehead atoms. The Morgan fingerprint density at radius 1 is 1.25 bits per heavy atom. The standard InChI is InChI=1S/C18H16BrNO4/c1-2-24-16-8-7-14(19)10-12(16)6-9-17(21)20-15-5-3-4-13(11-15)18(22)23/h3-11H,2H2,1H3,(H,20,21)(H,22,23)/b9-6+. The first-order valence-corrected chi connectivity index (χ1v) is 8.03. The van der Waals surface area contributed by atoms with Crippen molar-refractivity contribution in [2.75, 3.05) is 11.9 Å². The molecule has 2 N–H and O–H groups in total. The number of carbonyl (C=O) groups is 2. The van der Waals surface area contributed by atoms with Crippen molar-refractivity contribution in [3.63, 3.8) is 0 Å². The van der Waals surface area contributed by atoms with Crippen LogP contribution in [0.25, 0.3) is 6.08 Å². The summed E-state index contributed by atoms with van der Waals surface area (Å²) in [6.45, 7) is 2.41. The lowest BCUT2D eigenvalue weighted by Crippen LogP contribution is -2.08. The van der Waals surface area contributed by atoms with Crippen LogP contribution < -0.4 is 10.1 Å². The summed E-state index contributed by atoms with van der Waals surface area (Å²) in [7, 11) is 0. The van der Waals surface area contributed by atoms with Crippen molar-refractivity contribution >= 4 is 39.6 Å². The van der Waals surface area contributed by atoms with E-state index >= 15 is 0 Å². The van der Waals surface area contributed by atoms with Crippen LogP contribution in [-0.4, -0.2) is 23.6 Å². The zero-order valence-corrected chi connectivity index (χ0v) is 14.5. The van der Waals surface area contributed by atoms with E-state index in [-0.39, 0.29) is 11.5 Å². The zero-order valence-electron chi connectivity index (χ0n) is 13.0. The molecule has 0 fully saturated rings. The summed E-state index contributed by atoms with van der Waals surface area (Å²) in [4.78, 5) is 23.0. The molecule has 0 saturated heterocycles. The molecule has 5 nitrogen and oxygen atoms in total. The summed E-state index contributed by atoms with van der Waals surface area (Å²) in [6, 6.07) is 11.6. The van der Waals surface area contributed by atoms with Crippen molar-refractivity contribution in [2.24, 2.45) is 0 Å². The Hall–Kier alpha value is -2.60. The maximum Gasteiger partial charge on any atom is 0.335 e. The zero-order chi connectivity index (χ0) is 17.5. The van der Waals surface area contributed by atoms with Gasteiger partial charge in [0.2, 0.25) is 5.91 Å². The molecule has 1 amide bonds. The summed E-state index contributed by atoms with van der Waals surface area (Å²) in [6.07, 6.45) is 3.02. The molecule has 124 valence electrons. The van der Waals surface area contributed by atoms with E-state index in [0.717, 1.165) is 10.0 Å². The summed E-state index contributed by atoms with van der Waals surface area (Å²) < 4.78 is 6.39. The Morgan fingerprint density at radius 2 is 2.04 bits per heavy atom.